The predicted octanol–water partition coefficient (Wildman–Crippen LogP) is 2.06. The number of nitrogens with zero attached hydrogens (tertiary/aromatic N) is 2. The highest BCUT2D eigenvalue weighted by Crippen LogP contribution is 2.38. The molecule has 1 aromatic heterocycles. The van der Waals surface area contributed by atoms with Crippen LogP contribution in [-0.2, 0) is 14.4 Å². The van der Waals surface area contributed by atoms with E-state index in [9.17, 15) is 19.5 Å². The lowest BCUT2D eigenvalue weighted by molar-refractivity contribution is -0.150. The minimum Gasteiger partial charge on any atom is -0.477 e. The number of allylic oxidation sites excluding steroid dienone is 1. The molecule has 2 atom stereocenters. The number of hydrogen-bond acceptors (Lipinski definition) is 7. The summed E-state index contributed by atoms with van der Waals surface area (Å²) in [7, 11) is 0. The van der Waals surface area contributed by atoms with Crippen molar-refractivity contribution in [1.29, 1.82) is 0 Å². The van der Waals surface area contributed by atoms with Gasteiger partial charge in [0.15, 0.2) is 5.13 Å². The fourth-order valence-corrected chi connectivity index (χ4v) is 5.77. The Morgan fingerprint density at radius 2 is 2.14 bits per heavy atom. The molecule has 0 bridgehead atoms. The molecular weight excluding hydrogens is 412 g/mol. The molecule has 154 valence electrons. The third-order valence-electron chi connectivity index (χ3n) is 5.52. The monoisotopic (exact) mass is 434 g/mol. The normalized spacial score (nSPS) is 24.7. The second-order valence-electron chi connectivity index (χ2n) is 7.35. The van der Waals surface area contributed by atoms with Crippen LogP contribution in [0.15, 0.2) is 23.2 Å². The number of nitrogens with one attached hydrogen (secondary N) is 1. The second kappa shape index (κ2) is 8.19. The number of carboxylic acids is 1. The maximum absolute atomic E-state index is 13.0. The van der Waals surface area contributed by atoms with Gasteiger partial charge >= 0.3 is 5.97 Å². The number of fused-ring (bicyclic) bond motifs is 1. The summed E-state index contributed by atoms with van der Waals surface area (Å²) in [6.07, 6.45) is 8.95. The van der Waals surface area contributed by atoms with Crippen LogP contribution in [0.1, 0.15) is 37.8 Å². The van der Waals surface area contributed by atoms with E-state index >= 15 is 0 Å². The largest absolute Gasteiger partial charge is 0.477 e. The molecule has 0 radical (unpaired) electrons. The highest BCUT2D eigenvalue weighted by atomic mass is 32.2. The smallest absolute Gasteiger partial charge is 0.352 e. The van der Waals surface area contributed by atoms with Crippen molar-refractivity contribution in [2.24, 2.45) is 5.92 Å². The number of carbonyl (C=O) groups excluding carboxylic acids is 2. The number of amides is 2. The molecule has 2 unspecified atom stereocenters. The highest BCUT2D eigenvalue weighted by Gasteiger charge is 2.52. The molecule has 4 N–H and O–H groups in total. The first kappa shape index (κ1) is 20.0. The minimum atomic E-state index is -1.14. The Labute approximate surface area is 176 Å². The average Bonchev–Trinajstić information content (AvgIpc) is 3.37. The van der Waals surface area contributed by atoms with Crippen molar-refractivity contribution in [2.75, 3.05) is 11.5 Å². The topological polar surface area (TPSA) is 126 Å². The van der Waals surface area contributed by atoms with Gasteiger partial charge in [-0.15, -0.1) is 23.1 Å². The zero-order valence-electron chi connectivity index (χ0n) is 15.7. The van der Waals surface area contributed by atoms with Crippen molar-refractivity contribution in [3.8, 4) is 0 Å². The van der Waals surface area contributed by atoms with Crippen LogP contribution in [0.3, 0.4) is 0 Å². The van der Waals surface area contributed by atoms with E-state index in [1.165, 1.54) is 46.9 Å². The molecule has 0 spiro atoms. The van der Waals surface area contributed by atoms with Crippen LogP contribution >= 0.6 is 23.1 Å². The van der Waals surface area contributed by atoms with Crippen LogP contribution in [0.2, 0.25) is 0 Å². The number of hydrogen-bond donors (Lipinski definition) is 3. The first-order valence-electron chi connectivity index (χ1n) is 9.56. The van der Waals surface area contributed by atoms with Gasteiger partial charge in [-0.1, -0.05) is 31.8 Å². The Morgan fingerprint density at radius 3 is 2.79 bits per heavy atom. The molecule has 1 aromatic rings. The number of rotatable bonds is 6. The number of β-lactam (4-membered cyclic amide) rings is 1. The zero-order valence-corrected chi connectivity index (χ0v) is 17.3. The average molecular weight is 435 g/mol. The number of nitrogens with two attached hydrogens (primary N) is 1. The van der Waals surface area contributed by atoms with Gasteiger partial charge in [0.1, 0.15) is 17.1 Å². The molecule has 2 aliphatic heterocycles. The Balaban J connectivity index is 1.50. The summed E-state index contributed by atoms with van der Waals surface area (Å²) in [5.41, 5.74) is 6.66. The van der Waals surface area contributed by atoms with Gasteiger partial charge in [-0.3, -0.25) is 14.5 Å². The standard InChI is InChI=1S/C19H22N4O4S2/c20-19-21-12(9-29-19)11(6-5-10-3-1-2-4-10)15(24)22-14-16(25)23-13(18(26)27)7-8-28-17(14)23/h6-7,9-10,14,17H,1-5,8H2,(H2,20,21)(H,22,24)(H,26,27)/b11-6-. The molecule has 1 saturated heterocycles. The van der Waals surface area contributed by atoms with Crippen LogP contribution in [-0.4, -0.2) is 49.9 Å². The Hall–Kier alpha value is -2.33. The van der Waals surface area contributed by atoms with Gasteiger partial charge in [0.25, 0.3) is 11.8 Å². The molecule has 0 aromatic carbocycles. The minimum absolute atomic E-state index is 0.0199. The Kier molecular flexibility index (Phi) is 5.64. The molecule has 1 saturated carbocycles. The lowest BCUT2D eigenvalue weighted by Crippen LogP contribution is -2.70. The molecular formula is C19H22N4O4S2. The summed E-state index contributed by atoms with van der Waals surface area (Å²) >= 11 is 2.69. The maximum Gasteiger partial charge on any atom is 0.352 e. The number of carbonyl (C=O) groups is 3. The summed E-state index contributed by atoms with van der Waals surface area (Å²) in [6.45, 7) is 0. The van der Waals surface area contributed by atoms with Gasteiger partial charge in [-0.2, -0.15) is 0 Å². The van der Waals surface area contributed by atoms with Crippen LogP contribution in [0.25, 0.3) is 5.57 Å². The van der Waals surface area contributed by atoms with E-state index in [1.54, 1.807) is 5.38 Å². The number of anilines is 1. The van der Waals surface area contributed by atoms with Gasteiger partial charge in [0.05, 0.1) is 11.3 Å². The van der Waals surface area contributed by atoms with E-state index in [-0.39, 0.29) is 11.6 Å². The van der Waals surface area contributed by atoms with Crippen molar-refractivity contribution >= 4 is 51.6 Å². The number of aliphatic carboxylic acids is 1. The third-order valence-corrected chi connectivity index (χ3v) is 7.38. The van der Waals surface area contributed by atoms with Crippen molar-refractivity contribution in [3.05, 3.63) is 28.9 Å². The second-order valence-corrected chi connectivity index (χ2v) is 9.39. The number of thioether (sulfide) groups is 1. The molecule has 10 heteroatoms. The quantitative estimate of drug-likeness (QED) is 0.462. The maximum atomic E-state index is 13.0. The molecule has 3 aliphatic rings. The van der Waals surface area contributed by atoms with Crippen molar-refractivity contribution < 1.29 is 19.5 Å². The fourth-order valence-electron chi connectivity index (χ4n) is 4.01. The van der Waals surface area contributed by atoms with E-state index < -0.39 is 23.3 Å². The molecule has 3 heterocycles. The first-order valence-corrected chi connectivity index (χ1v) is 11.5. The van der Waals surface area contributed by atoms with Crippen molar-refractivity contribution in [3.63, 3.8) is 0 Å². The van der Waals surface area contributed by atoms with Crippen molar-refractivity contribution in [2.45, 2.75) is 43.5 Å². The van der Waals surface area contributed by atoms with Gasteiger partial charge in [0.2, 0.25) is 0 Å². The highest BCUT2D eigenvalue weighted by molar-refractivity contribution is 8.00. The molecule has 4 rings (SSSR count). The van der Waals surface area contributed by atoms with Gasteiger partial charge in [-0.05, 0) is 18.4 Å². The predicted molar refractivity (Wildman–Crippen MR) is 112 cm³/mol. The van der Waals surface area contributed by atoms with E-state index in [0.717, 1.165) is 19.3 Å². The van der Waals surface area contributed by atoms with Gasteiger partial charge in [-0.25, -0.2) is 9.78 Å². The Bertz CT molecular complexity index is 904. The van der Waals surface area contributed by atoms with E-state index in [0.29, 0.717) is 28.1 Å². The molecule has 2 fully saturated rings. The molecule has 2 amide bonds. The van der Waals surface area contributed by atoms with Gasteiger partial charge in [0, 0.05) is 11.1 Å². The fraction of sp³-hybridized carbons (Fsp3) is 0.474. The summed E-state index contributed by atoms with van der Waals surface area (Å²) < 4.78 is 0. The van der Waals surface area contributed by atoms with E-state index in [2.05, 4.69) is 10.3 Å². The third kappa shape index (κ3) is 3.91. The molecule has 8 nitrogen and oxygen atoms in total. The van der Waals surface area contributed by atoms with Gasteiger partial charge < -0.3 is 16.2 Å². The van der Waals surface area contributed by atoms with Crippen LogP contribution < -0.4 is 11.1 Å². The zero-order chi connectivity index (χ0) is 20.5. The molecule has 29 heavy (non-hydrogen) atoms. The Morgan fingerprint density at radius 1 is 1.38 bits per heavy atom. The summed E-state index contributed by atoms with van der Waals surface area (Å²) in [6, 6.07) is -0.749. The number of thiazole rings is 1. The van der Waals surface area contributed by atoms with Crippen LogP contribution in [0.5, 0.6) is 0 Å². The SMILES string of the molecule is Nc1nc(/C(=C/CC2CCCC2)C(=O)NC2C(=O)N3C(C(=O)O)=CCSC23)cs1. The van der Waals surface area contributed by atoms with Crippen LogP contribution in [0, 0.1) is 5.92 Å². The first-order chi connectivity index (χ1) is 14.0. The summed E-state index contributed by atoms with van der Waals surface area (Å²) in [5.74, 6) is -0.874. The molecule has 1 aliphatic carbocycles. The van der Waals surface area contributed by atoms with E-state index in [4.69, 9.17) is 5.73 Å². The number of nitrogen functional groups attached to an aromatic ring is 1. The summed E-state index contributed by atoms with van der Waals surface area (Å²) in [5, 5.41) is 13.8. The van der Waals surface area contributed by atoms with Crippen LogP contribution in [0.4, 0.5) is 5.13 Å². The lowest BCUT2D eigenvalue weighted by Gasteiger charge is -2.48. The number of aromatic nitrogens is 1. The van der Waals surface area contributed by atoms with E-state index in [1.807, 2.05) is 6.08 Å². The lowest BCUT2D eigenvalue weighted by atomic mass is 10.00. The summed E-state index contributed by atoms with van der Waals surface area (Å²) in [4.78, 5) is 42.4. The van der Waals surface area contributed by atoms with Crippen molar-refractivity contribution in [1.82, 2.24) is 15.2 Å². The number of carboxylic acid groups (broad SMARTS) is 1.